The maximum atomic E-state index is 5.24. The topological polar surface area (TPSA) is 3.24 Å². The van der Waals surface area contributed by atoms with Gasteiger partial charge in [-0.05, 0) is 38.1 Å². The summed E-state index contributed by atoms with van der Waals surface area (Å²) in [7, 11) is 0. The SMILES string of the molecule is Cc1ccc(N(C(=S)S)c2ccc(C)cc2)cc1. The van der Waals surface area contributed by atoms with E-state index in [1.807, 2.05) is 4.90 Å². The largest absolute Gasteiger partial charge is 0.296 e. The number of hydrogen-bond acceptors (Lipinski definition) is 1. The van der Waals surface area contributed by atoms with Gasteiger partial charge in [-0.1, -0.05) is 47.6 Å². The van der Waals surface area contributed by atoms with Gasteiger partial charge in [0.15, 0.2) is 0 Å². The lowest BCUT2D eigenvalue weighted by molar-refractivity contribution is 1.35. The number of thiocarbonyl (C=S) groups is 1. The Kier molecular flexibility index (Phi) is 4.04. The zero-order valence-electron chi connectivity index (χ0n) is 10.4. The molecule has 0 aliphatic carbocycles. The summed E-state index contributed by atoms with van der Waals surface area (Å²) < 4.78 is 0.544. The fraction of sp³-hybridized carbons (Fsp3) is 0.133. The number of benzene rings is 2. The Morgan fingerprint density at radius 1 is 0.833 bits per heavy atom. The second-order valence-electron chi connectivity index (χ2n) is 4.29. The summed E-state index contributed by atoms with van der Waals surface area (Å²) in [6, 6.07) is 16.5. The first-order valence-electron chi connectivity index (χ1n) is 5.74. The monoisotopic (exact) mass is 273 g/mol. The molecule has 0 spiro atoms. The molecule has 3 heteroatoms. The molecule has 0 saturated carbocycles. The Labute approximate surface area is 119 Å². The lowest BCUT2D eigenvalue weighted by atomic mass is 10.2. The summed E-state index contributed by atoms with van der Waals surface area (Å²) in [4.78, 5) is 1.96. The molecule has 0 aliphatic heterocycles. The van der Waals surface area contributed by atoms with E-state index in [1.54, 1.807) is 0 Å². The lowest BCUT2D eigenvalue weighted by Gasteiger charge is -2.23. The van der Waals surface area contributed by atoms with Crippen molar-refractivity contribution in [2.45, 2.75) is 13.8 Å². The summed E-state index contributed by atoms with van der Waals surface area (Å²) in [6.45, 7) is 4.14. The molecule has 92 valence electrons. The third-order valence-electron chi connectivity index (χ3n) is 2.78. The van der Waals surface area contributed by atoms with Crippen LogP contribution in [0.2, 0.25) is 0 Å². The molecule has 0 saturated heterocycles. The third-order valence-corrected chi connectivity index (χ3v) is 3.16. The van der Waals surface area contributed by atoms with Crippen LogP contribution in [0, 0.1) is 13.8 Å². The van der Waals surface area contributed by atoms with Crippen LogP contribution in [-0.4, -0.2) is 4.32 Å². The second-order valence-corrected chi connectivity index (χ2v) is 5.40. The van der Waals surface area contributed by atoms with Crippen molar-refractivity contribution in [1.29, 1.82) is 0 Å². The van der Waals surface area contributed by atoms with Crippen molar-refractivity contribution < 1.29 is 0 Å². The Bertz CT molecular complexity index is 498. The lowest BCUT2D eigenvalue weighted by Crippen LogP contribution is -2.19. The van der Waals surface area contributed by atoms with Crippen molar-refractivity contribution in [3.05, 3.63) is 59.7 Å². The number of nitrogens with zero attached hydrogens (tertiary/aromatic N) is 1. The van der Waals surface area contributed by atoms with Crippen molar-refractivity contribution in [2.75, 3.05) is 4.90 Å². The Hall–Kier alpha value is -1.32. The number of rotatable bonds is 2. The zero-order valence-corrected chi connectivity index (χ0v) is 12.1. The molecule has 0 bridgehead atoms. The summed E-state index contributed by atoms with van der Waals surface area (Å²) in [5.74, 6) is 0. The number of aryl methyl sites for hydroxylation is 2. The molecule has 0 heterocycles. The van der Waals surface area contributed by atoms with Crippen LogP contribution < -0.4 is 4.90 Å². The minimum absolute atomic E-state index is 0.544. The predicted molar refractivity (Wildman–Crippen MR) is 86.1 cm³/mol. The van der Waals surface area contributed by atoms with Crippen LogP contribution in [0.4, 0.5) is 11.4 Å². The molecular formula is C15H15NS2. The molecule has 0 atom stereocenters. The first-order chi connectivity index (χ1) is 8.58. The van der Waals surface area contributed by atoms with Gasteiger partial charge in [-0.2, -0.15) is 0 Å². The summed E-state index contributed by atoms with van der Waals surface area (Å²) >= 11 is 9.56. The van der Waals surface area contributed by atoms with E-state index < -0.39 is 0 Å². The molecule has 2 rings (SSSR count). The molecule has 0 amide bonds. The van der Waals surface area contributed by atoms with Gasteiger partial charge in [0, 0.05) is 11.4 Å². The fourth-order valence-electron chi connectivity index (χ4n) is 1.76. The fourth-order valence-corrected chi connectivity index (χ4v) is 2.20. The van der Waals surface area contributed by atoms with Crippen LogP contribution in [0.1, 0.15) is 11.1 Å². The molecule has 2 aromatic carbocycles. The minimum atomic E-state index is 0.544. The van der Waals surface area contributed by atoms with Gasteiger partial charge in [0.1, 0.15) is 4.32 Å². The maximum absolute atomic E-state index is 5.24. The Balaban J connectivity index is 2.43. The molecule has 0 unspecified atom stereocenters. The third kappa shape index (κ3) is 2.92. The van der Waals surface area contributed by atoms with E-state index in [-0.39, 0.29) is 0 Å². The van der Waals surface area contributed by atoms with Crippen LogP contribution in [0.25, 0.3) is 0 Å². The molecule has 2 aromatic rings. The highest BCUT2D eigenvalue weighted by Crippen LogP contribution is 2.27. The highest BCUT2D eigenvalue weighted by Gasteiger charge is 2.11. The Morgan fingerprint density at radius 3 is 1.44 bits per heavy atom. The number of anilines is 2. The van der Waals surface area contributed by atoms with E-state index in [4.69, 9.17) is 12.2 Å². The van der Waals surface area contributed by atoms with Crippen LogP contribution in [0.15, 0.2) is 48.5 Å². The standard InChI is InChI=1S/C15H15NS2/c1-11-3-7-13(8-4-11)16(15(17)18)14-9-5-12(2)6-10-14/h3-10H,1-2H3,(H,17,18). The van der Waals surface area contributed by atoms with E-state index >= 15 is 0 Å². The van der Waals surface area contributed by atoms with Crippen LogP contribution in [0.5, 0.6) is 0 Å². The van der Waals surface area contributed by atoms with Crippen molar-refractivity contribution in [3.8, 4) is 0 Å². The van der Waals surface area contributed by atoms with Gasteiger partial charge in [0.2, 0.25) is 0 Å². The molecule has 0 aliphatic rings. The van der Waals surface area contributed by atoms with Gasteiger partial charge in [-0.15, -0.1) is 12.6 Å². The van der Waals surface area contributed by atoms with E-state index in [1.165, 1.54) is 11.1 Å². The van der Waals surface area contributed by atoms with Crippen molar-refractivity contribution in [1.82, 2.24) is 0 Å². The summed E-state index contributed by atoms with van der Waals surface area (Å²) in [6.07, 6.45) is 0. The predicted octanol–water partition coefficient (Wildman–Crippen LogP) is 4.66. The zero-order chi connectivity index (χ0) is 13.1. The number of thiol groups is 1. The van der Waals surface area contributed by atoms with Crippen molar-refractivity contribution in [2.24, 2.45) is 0 Å². The van der Waals surface area contributed by atoms with Crippen LogP contribution in [0.3, 0.4) is 0 Å². The molecule has 0 fully saturated rings. The van der Waals surface area contributed by atoms with E-state index in [0.29, 0.717) is 4.32 Å². The molecule has 1 nitrogen and oxygen atoms in total. The highest BCUT2D eigenvalue weighted by atomic mass is 32.1. The van der Waals surface area contributed by atoms with E-state index in [0.717, 1.165) is 11.4 Å². The van der Waals surface area contributed by atoms with Gasteiger partial charge < -0.3 is 0 Å². The molecule has 0 aromatic heterocycles. The van der Waals surface area contributed by atoms with E-state index in [2.05, 4.69) is 75.0 Å². The smallest absolute Gasteiger partial charge is 0.142 e. The van der Waals surface area contributed by atoms with Gasteiger partial charge >= 0.3 is 0 Å². The normalized spacial score (nSPS) is 10.2. The van der Waals surface area contributed by atoms with Crippen molar-refractivity contribution >= 4 is 40.5 Å². The van der Waals surface area contributed by atoms with Gasteiger partial charge in [-0.25, -0.2) is 0 Å². The molecule has 0 radical (unpaired) electrons. The highest BCUT2D eigenvalue weighted by molar-refractivity contribution is 8.11. The quantitative estimate of drug-likeness (QED) is 0.626. The molecule has 18 heavy (non-hydrogen) atoms. The maximum Gasteiger partial charge on any atom is 0.142 e. The molecular weight excluding hydrogens is 258 g/mol. The van der Waals surface area contributed by atoms with Crippen molar-refractivity contribution in [3.63, 3.8) is 0 Å². The second kappa shape index (κ2) is 5.55. The summed E-state index contributed by atoms with van der Waals surface area (Å²) in [5, 5.41) is 0. The van der Waals surface area contributed by atoms with Gasteiger partial charge in [-0.3, -0.25) is 4.90 Å². The van der Waals surface area contributed by atoms with Crippen LogP contribution in [-0.2, 0) is 0 Å². The first-order valence-corrected chi connectivity index (χ1v) is 6.60. The average molecular weight is 273 g/mol. The summed E-state index contributed by atoms with van der Waals surface area (Å²) in [5.41, 5.74) is 4.52. The van der Waals surface area contributed by atoms with E-state index in [9.17, 15) is 0 Å². The first kappa shape index (κ1) is 13.1. The Morgan fingerprint density at radius 2 is 1.17 bits per heavy atom. The minimum Gasteiger partial charge on any atom is -0.296 e. The average Bonchev–Trinajstić information content (AvgIpc) is 2.34. The van der Waals surface area contributed by atoms with Gasteiger partial charge in [0.05, 0.1) is 0 Å². The van der Waals surface area contributed by atoms with Crippen LogP contribution >= 0.6 is 24.8 Å². The number of hydrogen-bond donors (Lipinski definition) is 1. The van der Waals surface area contributed by atoms with Gasteiger partial charge in [0.25, 0.3) is 0 Å². The molecule has 0 N–H and O–H groups in total.